The molecule has 5 heteroatoms. The van der Waals surface area contributed by atoms with Gasteiger partial charge in [0.25, 0.3) is 0 Å². The molecule has 1 aromatic heterocycles. The molecular formula is C14H11Cl2N3. The summed E-state index contributed by atoms with van der Waals surface area (Å²) in [6.07, 6.45) is 0. The van der Waals surface area contributed by atoms with Gasteiger partial charge in [-0.1, -0.05) is 41.4 Å². The van der Waals surface area contributed by atoms with Crippen LogP contribution in [0, 0.1) is 0 Å². The molecule has 0 saturated carbocycles. The number of halogens is 2. The van der Waals surface area contributed by atoms with Gasteiger partial charge in [-0.25, -0.2) is 4.98 Å². The van der Waals surface area contributed by atoms with Gasteiger partial charge in [0.2, 0.25) is 0 Å². The van der Waals surface area contributed by atoms with Crippen molar-refractivity contribution in [3.8, 4) is 0 Å². The summed E-state index contributed by atoms with van der Waals surface area (Å²) in [5.41, 5.74) is 8.75. The lowest BCUT2D eigenvalue weighted by atomic mass is 10.1. The zero-order chi connectivity index (χ0) is 13.4. The SMILES string of the molecule is NC(c1nc2cc(Cl)ccc2[nH]1)c1ccccc1Cl. The number of nitrogens with one attached hydrogen (secondary N) is 1. The summed E-state index contributed by atoms with van der Waals surface area (Å²) < 4.78 is 0. The molecule has 0 bridgehead atoms. The number of hydrogen-bond acceptors (Lipinski definition) is 2. The van der Waals surface area contributed by atoms with Crippen LogP contribution in [0.5, 0.6) is 0 Å². The van der Waals surface area contributed by atoms with E-state index in [-0.39, 0.29) is 6.04 Å². The highest BCUT2D eigenvalue weighted by Gasteiger charge is 2.16. The van der Waals surface area contributed by atoms with Crippen molar-refractivity contribution in [3.63, 3.8) is 0 Å². The summed E-state index contributed by atoms with van der Waals surface area (Å²) in [6, 6.07) is 12.6. The number of nitrogens with zero attached hydrogens (tertiary/aromatic N) is 1. The molecule has 0 spiro atoms. The summed E-state index contributed by atoms with van der Waals surface area (Å²) in [6.45, 7) is 0. The van der Waals surface area contributed by atoms with Crippen molar-refractivity contribution in [1.82, 2.24) is 9.97 Å². The molecule has 0 aliphatic carbocycles. The van der Waals surface area contributed by atoms with E-state index in [9.17, 15) is 0 Å². The molecule has 1 unspecified atom stereocenters. The molecule has 0 amide bonds. The largest absolute Gasteiger partial charge is 0.340 e. The van der Waals surface area contributed by atoms with E-state index in [1.165, 1.54) is 0 Å². The zero-order valence-corrected chi connectivity index (χ0v) is 11.4. The maximum absolute atomic E-state index is 6.21. The van der Waals surface area contributed by atoms with Crippen LogP contribution in [0.1, 0.15) is 17.4 Å². The number of rotatable bonds is 2. The van der Waals surface area contributed by atoms with E-state index in [0.717, 1.165) is 16.6 Å². The number of aromatic amines is 1. The first-order valence-electron chi connectivity index (χ1n) is 5.80. The molecule has 1 heterocycles. The smallest absolute Gasteiger partial charge is 0.128 e. The highest BCUT2D eigenvalue weighted by molar-refractivity contribution is 6.31. The predicted molar refractivity (Wildman–Crippen MR) is 78.6 cm³/mol. The maximum Gasteiger partial charge on any atom is 0.128 e. The monoisotopic (exact) mass is 291 g/mol. The van der Waals surface area contributed by atoms with Crippen LogP contribution in [-0.4, -0.2) is 9.97 Å². The minimum Gasteiger partial charge on any atom is -0.340 e. The lowest BCUT2D eigenvalue weighted by Gasteiger charge is -2.10. The molecule has 1 atom stereocenters. The number of nitrogens with two attached hydrogens (primary N) is 1. The number of aromatic nitrogens is 2. The van der Waals surface area contributed by atoms with Gasteiger partial charge in [0.1, 0.15) is 5.82 Å². The number of hydrogen-bond donors (Lipinski definition) is 2. The van der Waals surface area contributed by atoms with Crippen LogP contribution in [0.2, 0.25) is 10.0 Å². The van der Waals surface area contributed by atoms with Crippen molar-refractivity contribution in [2.24, 2.45) is 5.73 Å². The highest BCUT2D eigenvalue weighted by atomic mass is 35.5. The molecule has 0 radical (unpaired) electrons. The van der Waals surface area contributed by atoms with E-state index in [4.69, 9.17) is 28.9 Å². The van der Waals surface area contributed by atoms with E-state index < -0.39 is 0 Å². The summed E-state index contributed by atoms with van der Waals surface area (Å²) >= 11 is 12.1. The summed E-state index contributed by atoms with van der Waals surface area (Å²) in [5, 5.41) is 1.28. The molecule has 3 nitrogen and oxygen atoms in total. The fraction of sp³-hybridized carbons (Fsp3) is 0.0714. The standard InChI is InChI=1S/C14H11Cl2N3/c15-8-5-6-11-12(7-8)19-14(18-11)13(17)9-3-1-2-4-10(9)16/h1-7,13H,17H2,(H,18,19). The van der Waals surface area contributed by atoms with Crippen LogP contribution >= 0.6 is 23.2 Å². The second-order valence-corrected chi connectivity index (χ2v) is 5.13. The Morgan fingerprint density at radius 1 is 1.11 bits per heavy atom. The summed E-state index contributed by atoms with van der Waals surface area (Å²) in [5.74, 6) is 0.672. The first-order valence-corrected chi connectivity index (χ1v) is 6.56. The summed E-state index contributed by atoms with van der Waals surface area (Å²) in [7, 11) is 0. The van der Waals surface area contributed by atoms with E-state index in [0.29, 0.717) is 15.9 Å². The van der Waals surface area contributed by atoms with Crippen LogP contribution in [0.4, 0.5) is 0 Å². The van der Waals surface area contributed by atoms with Gasteiger partial charge in [0, 0.05) is 10.0 Å². The van der Waals surface area contributed by atoms with Gasteiger partial charge in [-0.05, 0) is 29.8 Å². The van der Waals surface area contributed by atoms with E-state index in [1.807, 2.05) is 36.4 Å². The van der Waals surface area contributed by atoms with E-state index in [2.05, 4.69) is 9.97 Å². The Kier molecular flexibility index (Phi) is 3.19. The molecule has 3 N–H and O–H groups in total. The second-order valence-electron chi connectivity index (χ2n) is 4.28. The minimum absolute atomic E-state index is 0.389. The average molecular weight is 292 g/mol. The van der Waals surface area contributed by atoms with Gasteiger partial charge in [-0.3, -0.25) is 0 Å². The Morgan fingerprint density at radius 3 is 2.68 bits per heavy atom. The fourth-order valence-electron chi connectivity index (χ4n) is 2.02. The van der Waals surface area contributed by atoms with E-state index in [1.54, 1.807) is 6.07 Å². The first-order chi connectivity index (χ1) is 9.15. The molecule has 3 aromatic rings. The zero-order valence-electron chi connectivity index (χ0n) is 9.90. The van der Waals surface area contributed by atoms with Gasteiger partial charge in [0.15, 0.2) is 0 Å². The molecular weight excluding hydrogens is 281 g/mol. The van der Waals surface area contributed by atoms with Gasteiger partial charge < -0.3 is 10.7 Å². The van der Waals surface area contributed by atoms with Crippen LogP contribution < -0.4 is 5.73 Å². The summed E-state index contributed by atoms with van der Waals surface area (Å²) in [4.78, 5) is 7.66. The predicted octanol–water partition coefficient (Wildman–Crippen LogP) is 3.92. The quantitative estimate of drug-likeness (QED) is 0.752. The van der Waals surface area contributed by atoms with Crippen LogP contribution in [-0.2, 0) is 0 Å². The Bertz CT molecular complexity index is 736. The Hall–Kier alpha value is -1.55. The highest BCUT2D eigenvalue weighted by Crippen LogP contribution is 2.26. The minimum atomic E-state index is -0.389. The Morgan fingerprint density at radius 2 is 1.89 bits per heavy atom. The van der Waals surface area contributed by atoms with Gasteiger partial charge in [0.05, 0.1) is 17.1 Å². The normalized spacial score (nSPS) is 12.8. The van der Waals surface area contributed by atoms with Crippen molar-refractivity contribution in [2.45, 2.75) is 6.04 Å². The lowest BCUT2D eigenvalue weighted by Crippen LogP contribution is -2.13. The molecule has 0 aliphatic rings. The van der Waals surface area contributed by atoms with Crippen molar-refractivity contribution < 1.29 is 0 Å². The molecule has 0 saturated heterocycles. The second kappa shape index (κ2) is 4.85. The lowest BCUT2D eigenvalue weighted by molar-refractivity contribution is 0.806. The third-order valence-corrected chi connectivity index (χ3v) is 3.58. The number of H-pyrrole nitrogens is 1. The Balaban J connectivity index is 2.07. The molecule has 3 rings (SSSR count). The van der Waals surface area contributed by atoms with Crippen molar-refractivity contribution in [3.05, 3.63) is 63.9 Å². The Labute approximate surface area is 120 Å². The fourth-order valence-corrected chi connectivity index (χ4v) is 2.44. The number of imidazole rings is 1. The number of fused-ring (bicyclic) bond motifs is 1. The molecule has 0 aliphatic heterocycles. The third-order valence-electron chi connectivity index (χ3n) is 3.00. The topological polar surface area (TPSA) is 54.7 Å². The average Bonchev–Trinajstić information content (AvgIpc) is 2.81. The number of benzene rings is 2. The molecule has 96 valence electrons. The third kappa shape index (κ3) is 2.32. The van der Waals surface area contributed by atoms with Crippen LogP contribution in [0.15, 0.2) is 42.5 Å². The molecule has 19 heavy (non-hydrogen) atoms. The first kappa shape index (κ1) is 12.5. The van der Waals surface area contributed by atoms with Crippen molar-refractivity contribution in [2.75, 3.05) is 0 Å². The van der Waals surface area contributed by atoms with Gasteiger partial charge >= 0.3 is 0 Å². The van der Waals surface area contributed by atoms with Crippen LogP contribution in [0.3, 0.4) is 0 Å². The van der Waals surface area contributed by atoms with Gasteiger partial charge in [-0.15, -0.1) is 0 Å². The van der Waals surface area contributed by atoms with Gasteiger partial charge in [-0.2, -0.15) is 0 Å². The molecule has 0 fully saturated rings. The maximum atomic E-state index is 6.21. The van der Waals surface area contributed by atoms with E-state index >= 15 is 0 Å². The van der Waals surface area contributed by atoms with Crippen molar-refractivity contribution >= 4 is 34.2 Å². The van der Waals surface area contributed by atoms with Crippen LogP contribution in [0.25, 0.3) is 11.0 Å². The molecule has 2 aromatic carbocycles. The van der Waals surface area contributed by atoms with Crippen molar-refractivity contribution in [1.29, 1.82) is 0 Å².